The Kier molecular flexibility index (Phi) is 6.93. The molecule has 0 aliphatic carbocycles. The van der Waals surface area contributed by atoms with E-state index in [4.69, 9.17) is 0 Å². The molecule has 3 N–H and O–H groups in total. The Labute approximate surface area is 182 Å². The van der Waals surface area contributed by atoms with E-state index in [2.05, 4.69) is 37.2 Å². The molecular formula is C22H20F3N5O2. The molecule has 3 aromatic rings. The summed E-state index contributed by atoms with van der Waals surface area (Å²) in [7, 11) is 0. The molecule has 0 radical (unpaired) electrons. The highest BCUT2D eigenvalue weighted by molar-refractivity contribution is 5.86. The lowest BCUT2D eigenvalue weighted by molar-refractivity contribution is -0.274. The van der Waals surface area contributed by atoms with Gasteiger partial charge >= 0.3 is 6.36 Å². The smallest absolute Gasteiger partial charge is 0.406 e. The summed E-state index contributed by atoms with van der Waals surface area (Å²) in [5.41, 5.74) is 2.71. The van der Waals surface area contributed by atoms with E-state index in [1.807, 2.05) is 31.2 Å². The van der Waals surface area contributed by atoms with Gasteiger partial charge in [0.2, 0.25) is 11.9 Å². The summed E-state index contributed by atoms with van der Waals surface area (Å²) in [5, 5.41) is 8.76. The Morgan fingerprint density at radius 1 is 1.12 bits per heavy atom. The summed E-state index contributed by atoms with van der Waals surface area (Å²) >= 11 is 0. The fourth-order valence-electron chi connectivity index (χ4n) is 2.69. The second-order valence-corrected chi connectivity index (χ2v) is 6.67. The van der Waals surface area contributed by atoms with Crippen LogP contribution in [0, 0.1) is 6.92 Å². The highest BCUT2D eigenvalue weighted by Gasteiger charge is 2.31. The van der Waals surface area contributed by atoms with Crippen molar-refractivity contribution in [1.82, 2.24) is 15.3 Å². The molecule has 10 heteroatoms. The number of hydrogen-bond acceptors (Lipinski definition) is 6. The van der Waals surface area contributed by atoms with Gasteiger partial charge in [0.15, 0.2) is 0 Å². The third-order valence-corrected chi connectivity index (χ3v) is 4.14. The number of benzene rings is 2. The molecule has 0 atom stereocenters. The normalized spacial score (nSPS) is 10.9. The van der Waals surface area contributed by atoms with Gasteiger partial charge in [-0.25, -0.2) is 4.98 Å². The minimum atomic E-state index is -4.78. The molecule has 0 bridgehead atoms. The average Bonchev–Trinajstić information content (AvgIpc) is 2.74. The molecule has 3 rings (SSSR count). The summed E-state index contributed by atoms with van der Waals surface area (Å²) in [4.78, 5) is 19.9. The molecule has 2 aromatic carbocycles. The zero-order valence-corrected chi connectivity index (χ0v) is 17.0. The fraction of sp³-hybridized carbons (Fsp3) is 0.136. The highest BCUT2D eigenvalue weighted by Crippen LogP contribution is 2.27. The first-order valence-corrected chi connectivity index (χ1v) is 9.44. The van der Waals surface area contributed by atoms with Gasteiger partial charge in [0.1, 0.15) is 11.6 Å². The molecule has 0 saturated carbocycles. The maximum atomic E-state index is 12.4. The molecule has 32 heavy (non-hydrogen) atoms. The van der Waals surface area contributed by atoms with E-state index in [1.165, 1.54) is 24.3 Å². The fourth-order valence-corrected chi connectivity index (χ4v) is 2.69. The summed E-state index contributed by atoms with van der Waals surface area (Å²) < 4.78 is 41.2. The van der Waals surface area contributed by atoms with Crippen LogP contribution in [0.25, 0.3) is 0 Å². The van der Waals surface area contributed by atoms with E-state index in [1.54, 1.807) is 12.3 Å². The molecule has 0 saturated heterocycles. The van der Waals surface area contributed by atoms with Crippen molar-refractivity contribution in [2.75, 3.05) is 10.6 Å². The van der Waals surface area contributed by atoms with Crippen molar-refractivity contribution in [3.05, 3.63) is 78.5 Å². The van der Waals surface area contributed by atoms with E-state index < -0.39 is 6.36 Å². The Bertz CT molecular complexity index is 1120. The van der Waals surface area contributed by atoms with Crippen LogP contribution in [-0.2, 0) is 11.3 Å². The van der Waals surface area contributed by atoms with Crippen LogP contribution < -0.4 is 20.7 Å². The number of carbonyl (C=O) groups is 1. The quantitative estimate of drug-likeness (QED) is 0.426. The van der Waals surface area contributed by atoms with Crippen LogP contribution in [0.1, 0.15) is 11.1 Å². The third kappa shape index (κ3) is 6.73. The zero-order valence-electron chi connectivity index (χ0n) is 17.0. The van der Waals surface area contributed by atoms with Gasteiger partial charge in [-0.15, -0.1) is 13.2 Å². The minimum absolute atomic E-state index is 0.191. The van der Waals surface area contributed by atoms with Crippen molar-refractivity contribution < 1.29 is 22.7 Å². The number of alkyl halides is 3. The molecular weight excluding hydrogens is 423 g/mol. The Balaban J connectivity index is 1.73. The second-order valence-electron chi connectivity index (χ2n) is 6.67. The number of carbonyl (C=O) groups excluding carboxylic acids is 1. The lowest BCUT2D eigenvalue weighted by Crippen LogP contribution is -2.19. The minimum Gasteiger partial charge on any atom is -0.406 e. The molecule has 1 heterocycles. The maximum absolute atomic E-state index is 12.4. The van der Waals surface area contributed by atoms with Crippen LogP contribution in [-0.4, -0.2) is 22.2 Å². The summed E-state index contributed by atoms with van der Waals surface area (Å²) in [6.45, 7) is 5.57. The lowest BCUT2D eigenvalue weighted by Gasteiger charge is -2.13. The van der Waals surface area contributed by atoms with Gasteiger partial charge in [0.25, 0.3) is 0 Å². The Morgan fingerprint density at radius 3 is 2.56 bits per heavy atom. The van der Waals surface area contributed by atoms with Crippen molar-refractivity contribution in [3.63, 3.8) is 0 Å². The monoisotopic (exact) mass is 443 g/mol. The number of hydrogen-bond donors (Lipinski definition) is 3. The first-order valence-electron chi connectivity index (χ1n) is 9.44. The van der Waals surface area contributed by atoms with E-state index in [-0.39, 0.29) is 17.6 Å². The van der Waals surface area contributed by atoms with Crippen LogP contribution in [0.3, 0.4) is 0 Å². The van der Waals surface area contributed by atoms with Gasteiger partial charge in [-0.3, -0.25) is 4.79 Å². The maximum Gasteiger partial charge on any atom is 0.573 e. The van der Waals surface area contributed by atoms with Crippen molar-refractivity contribution in [2.45, 2.75) is 19.8 Å². The molecule has 1 amide bonds. The number of anilines is 4. The predicted octanol–water partition coefficient (Wildman–Crippen LogP) is 4.97. The predicted molar refractivity (Wildman–Crippen MR) is 115 cm³/mol. The second kappa shape index (κ2) is 9.82. The number of aryl methyl sites for hydroxylation is 1. The number of nitrogens with zero attached hydrogens (tertiary/aromatic N) is 2. The van der Waals surface area contributed by atoms with Gasteiger partial charge < -0.3 is 20.7 Å². The number of ether oxygens (including phenoxy) is 1. The average molecular weight is 443 g/mol. The van der Waals surface area contributed by atoms with Gasteiger partial charge in [-0.2, -0.15) is 4.98 Å². The number of rotatable bonds is 8. The van der Waals surface area contributed by atoms with Gasteiger partial charge in [-0.1, -0.05) is 24.8 Å². The SMILES string of the molecule is C=CC(=O)NCc1cccc(Nc2nc(Nc3cccc(OC(F)(F)F)c3)ncc2C)c1. The number of aromatic nitrogens is 2. The van der Waals surface area contributed by atoms with E-state index in [0.717, 1.165) is 16.8 Å². The zero-order chi connectivity index (χ0) is 23.1. The van der Waals surface area contributed by atoms with Crippen LogP contribution in [0.2, 0.25) is 0 Å². The van der Waals surface area contributed by atoms with Crippen molar-refractivity contribution >= 4 is 29.0 Å². The van der Waals surface area contributed by atoms with Crippen molar-refractivity contribution in [2.24, 2.45) is 0 Å². The van der Waals surface area contributed by atoms with E-state index >= 15 is 0 Å². The molecule has 0 aliphatic heterocycles. The molecule has 1 aromatic heterocycles. The number of amides is 1. The largest absolute Gasteiger partial charge is 0.573 e. The first-order chi connectivity index (χ1) is 15.2. The molecule has 7 nitrogen and oxygen atoms in total. The number of nitrogens with one attached hydrogen (secondary N) is 3. The van der Waals surface area contributed by atoms with Gasteiger partial charge in [-0.05, 0) is 42.8 Å². The third-order valence-electron chi connectivity index (χ3n) is 4.14. The molecule has 0 unspecified atom stereocenters. The summed E-state index contributed by atoms with van der Waals surface area (Å²) in [6, 6.07) is 12.8. The van der Waals surface area contributed by atoms with Crippen LogP contribution in [0.4, 0.5) is 36.3 Å². The van der Waals surface area contributed by atoms with Crippen LogP contribution in [0.5, 0.6) is 5.75 Å². The lowest BCUT2D eigenvalue weighted by atomic mass is 10.2. The highest BCUT2D eigenvalue weighted by atomic mass is 19.4. The van der Waals surface area contributed by atoms with Gasteiger partial charge in [0.05, 0.1) is 0 Å². The van der Waals surface area contributed by atoms with Crippen LogP contribution in [0.15, 0.2) is 67.4 Å². The van der Waals surface area contributed by atoms with E-state index in [9.17, 15) is 18.0 Å². The standard InChI is InChI=1S/C22H20F3N5O2/c1-3-19(31)26-13-15-6-4-7-16(10-15)28-20-14(2)12-27-21(30-20)29-17-8-5-9-18(11-17)32-22(23,24)25/h3-12H,1,13H2,2H3,(H,26,31)(H2,27,28,29,30). The molecule has 0 aliphatic rings. The first kappa shape index (κ1) is 22.6. The number of halogens is 3. The van der Waals surface area contributed by atoms with Gasteiger partial charge in [0, 0.05) is 35.7 Å². The molecule has 0 spiro atoms. The summed E-state index contributed by atoms with van der Waals surface area (Å²) in [5.74, 6) is 0.0814. The Morgan fingerprint density at radius 2 is 1.84 bits per heavy atom. The summed E-state index contributed by atoms with van der Waals surface area (Å²) in [6.07, 6.45) is -1.99. The topological polar surface area (TPSA) is 88.2 Å². The van der Waals surface area contributed by atoms with Crippen LogP contribution >= 0.6 is 0 Å². The van der Waals surface area contributed by atoms with E-state index in [0.29, 0.717) is 18.1 Å². The molecule has 166 valence electrons. The van der Waals surface area contributed by atoms with Crippen molar-refractivity contribution in [1.29, 1.82) is 0 Å². The Hall–Kier alpha value is -4.08. The van der Waals surface area contributed by atoms with Crippen molar-refractivity contribution in [3.8, 4) is 5.75 Å². The molecule has 0 fully saturated rings.